The second-order valence-corrected chi connectivity index (χ2v) is 5.98. The lowest BCUT2D eigenvalue weighted by Crippen LogP contribution is -2.46. The Morgan fingerprint density at radius 2 is 2.09 bits per heavy atom. The van der Waals surface area contributed by atoms with E-state index in [0.717, 1.165) is 4.90 Å². The van der Waals surface area contributed by atoms with Crippen molar-refractivity contribution in [3.63, 3.8) is 0 Å². The van der Waals surface area contributed by atoms with Crippen LogP contribution in [-0.4, -0.2) is 42.0 Å². The molecule has 2 N–H and O–H groups in total. The van der Waals surface area contributed by atoms with Crippen LogP contribution in [0, 0.1) is 11.7 Å². The Morgan fingerprint density at radius 1 is 1.43 bits per heavy atom. The molecule has 1 amide bonds. The van der Waals surface area contributed by atoms with Crippen molar-refractivity contribution in [3.05, 3.63) is 42.7 Å². The van der Waals surface area contributed by atoms with E-state index in [4.69, 9.17) is 9.84 Å². The van der Waals surface area contributed by atoms with Gasteiger partial charge in [0.1, 0.15) is 5.82 Å². The molecule has 1 aromatic rings. The third-order valence-corrected chi connectivity index (χ3v) is 4.17. The summed E-state index contributed by atoms with van der Waals surface area (Å²) in [5.41, 5.74) is 0. The summed E-state index contributed by atoms with van der Waals surface area (Å²) in [6, 6.07) is 4.87. The van der Waals surface area contributed by atoms with Gasteiger partial charge in [-0.3, -0.25) is 4.79 Å². The highest BCUT2D eigenvalue weighted by Crippen LogP contribution is 2.21. The molecular weight excluding hydrogens is 321 g/mol. The first kappa shape index (κ1) is 19.2. The lowest BCUT2D eigenvalue weighted by Gasteiger charge is -2.17. The molecule has 0 spiro atoms. The average molecular weight is 341 g/mol. The van der Waals surface area contributed by atoms with Gasteiger partial charge in [-0.1, -0.05) is 13.0 Å². The molecule has 0 aliphatic rings. The Morgan fingerprint density at radius 3 is 2.65 bits per heavy atom. The Bertz CT molecular complexity index is 535. The van der Waals surface area contributed by atoms with E-state index in [-0.39, 0.29) is 24.9 Å². The van der Waals surface area contributed by atoms with Gasteiger partial charge >= 0.3 is 5.97 Å². The number of hydrogen-bond acceptors (Lipinski definition) is 4. The van der Waals surface area contributed by atoms with Crippen molar-refractivity contribution >= 4 is 23.6 Å². The van der Waals surface area contributed by atoms with Gasteiger partial charge in [0.15, 0.2) is 6.04 Å². The zero-order valence-corrected chi connectivity index (χ0v) is 13.6. The molecule has 126 valence electrons. The molecule has 1 rings (SSSR count). The first-order valence-corrected chi connectivity index (χ1v) is 8.02. The van der Waals surface area contributed by atoms with Gasteiger partial charge in [-0.15, -0.1) is 18.3 Å². The minimum absolute atomic E-state index is 0.120. The second-order valence-electron chi connectivity index (χ2n) is 4.89. The van der Waals surface area contributed by atoms with Crippen molar-refractivity contribution in [1.29, 1.82) is 0 Å². The maximum atomic E-state index is 12.8. The van der Waals surface area contributed by atoms with Gasteiger partial charge in [-0.25, -0.2) is 9.18 Å². The lowest BCUT2D eigenvalue weighted by molar-refractivity contribution is -0.144. The number of carbonyl (C=O) groups is 2. The predicted octanol–water partition coefficient (Wildman–Crippen LogP) is 2.33. The lowest BCUT2D eigenvalue weighted by atomic mass is 10.2. The molecule has 0 radical (unpaired) electrons. The van der Waals surface area contributed by atoms with Crippen molar-refractivity contribution in [2.45, 2.75) is 17.9 Å². The molecule has 0 saturated heterocycles. The highest BCUT2D eigenvalue weighted by molar-refractivity contribution is 7.99. The van der Waals surface area contributed by atoms with E-state index >= 15 is 0 Å². The molecule has 2 atom stereocenters. The van der Waals surface area contributed by atoms with Crippen LogP contribution in [0.2, 0.25) is 0 Å². The number of aliphatic carboxylic acids is 1. The van der Waals surface area contributed by atoms with Crippen LogP contribution in [0.25, 0.3) is 0 Å². The van der Waals surface area contributed by atoms with E-state index in [1.165, 1.54) is 30.0 Å². The maximum Gasteiger partial charge on any atom is 0.328 e. The molecule has 0 aromatic heterocycles. The van der Waals surface area contributed by atoms with Gasteiger partial charge in [0, 0.05) is 16.6 Å². The number of nitrogens with one attached hydrogen (secondary N) is 1. The molecule has 2 unspecified atom stereocenters. The first-order chi connectivity index (χ1) is 10.9. The standard InChI is InChI=1S/C16H20FNO4S/c1-3-8-22-9-14(16(20)21)18-15(19)11(2)10-23-13-6-4-12(17)5-7-13/h3-7,11,14H,1,8-10H2,2H3,(H,18,19)(H,20,21). The maximum absolute atomic E-state index is 12.8. The van der Waals surface area contributed by atoms with E-state index < -0.39 is 17.9 Å². The van der Waals surface area contributed by atoms with Gasteiger partial charge in [-0.2, -0.15) is 0 Å². The Balaban J connectivity index is 2.45. The quantitative estimate of drug-likeness (QED) is 0.388. The van der Waals surface area contributed by atoms with Crippen molar-refractivity contribution in [2.24, 2.45) is 5.92 Å². The summed E-state index contributed by atoms with van der Waals surface area (Å²) in [5, 5.41) is 11.5. The topological polar surface area (TPSA) is 75.6 Å². The fourth-order valence-corrected chi connectivity index (χ4v) is 2.51. The summed E-state index contributed by atoms with van der Waals surface area (Å²) < 4.78 is 17.9. The van der Waals surface area contributed by atoms with Crippen LogP contribution >= 0.6 is 11.8 Å². The molecule has 5 nitrogen and oxygen atoms in total. The number of ether oxygens (including phenoxy) is 1. The van der Waals surface area contributed by atoms with Crippen LogP contribution < -0.4 is 5.32 Å². The molecule has 0 saturated carbocycles. The number of carbonyl (C=O) groups excluding carboxylic acids is 1. The van der Waals surface area contributed by atoms with E-state index in [1.54, 1.807) is 19.1 Å². The summed E-state index contributed by atoms with van der Waals surface area (Å²) in [6.45, 7) is 5.27. The number of carboxylic acid groups (broad SMARTS) is 1. The Labute approximate surface area is 138 Å². The molecular formula is C16H20FNO4S. The third-order valence-electron chi connectivity index (χ3n) is 2.90. The van der Waals surface area contributed by atoms with Crippen molar-refractivity contribution in [1.82, 2.24) is 5.32 Å². The smallest absolute Gasteiger partial charge is 0.328 e. The SMILES string of the molecule is C=CCOCC(NC(=O)C(C)CSc1ccc(F)cc1)C(=O)O. The molecule has 23 heavy (non-hydrogen) atoms. The fourth-order valence-electron chi connectivity index (χ4n) is 1.59. The fraction of sp³-hybridized carbons (Fsp3) is 0.375. The molecule has 7 heteroatoms. The van der Waals surface area contributed by atoms with Crippen LogP contribution in [0.3, 0.4) is 0 Å². The number of halogens is 1. The third kappa shape index (κ3) is 7.30. The monoisotopic (exact) mass is 341 g/mol. The van der Waals surface area contributed by atoms with E-state index in [1.807, 2.05) is 0 Å². The summed E-state index contributed by atoms with van der Waals surface area (Å²) in [4.78, 5) is 24.0. The predicted molar refractivity (Wildman–Crippen MR) is 86.9 cm³/mol. The number of hydrogen-bond donors (Lipinski definition) is 2. The molecule has 0 bridgehead atoms. The van der Waals surface area contributed by atoms with Gasteiger partial charge in [0.05, 0.1) is 13.2 Å². The van der Waals surface area contributed by atoms with Crippen LogP contribution in [0.4, 0.5) is 4.39 Å². The van der Waals surface area contributed by atoms with E-state index in [0.29, 0.717) is 5.75 Å². The van der Waals surface area contributed by atoms with Crippen molar-refractivity contribution in [3.8, 4) is 0 Å². The highest BCUT2D eigenvalue weighted by Gasteiger charge is 2.23. The van der Waals surface area contributed by atoms with Crippen LogP contribution in [0.1, 0.15) is 6.92 Å². The number of rotatable bonds is 10. The minimum atomic E-state index is -1.15. The second kappa shape index (κ2) is 10.0. The summed E-state index contributed by atoms with van der Waals surface area (Å²) >= 11 is 1.40. The van der Waals surface area contributed by atoms with E-state index in [2.05, 4.69) is 11.9 Å². The number of benzene rings is 1. The molecule has 0 fully saturated rings. The summed E-state index contributed by atoms with van der Waals surface area (Å²) in [7, 11) is 0. The zero-order valence-electron chi connectivity index (χ0n) is 12.8. The number of thioether (sulfide) groups is 1. The summed E-state index contributed by atoms with van der Waals surface area (Å²) in [6.07, 6.45) is 1.50. The molecule has 0 aliphatic carbocycles. The number of amides is 1. The van der Waals surface area contributed by atoms with Crippen LogP contribution in [0.15, 0.2) is 41.8 Å². The van der Waals surface area contributed by atoms with E-state index in [9.17, 15) is 14.0 Å². The van der Waals surface area contributed by atoms with Gasteiger partial charge in [-0.05, 0) is 24.3 Å². The van der Waals surface area contributed by atoms with Crippen LogP contribution in [0.5, 0.6) is 0 Å². The largest absolute Gasteiger partial charge is 0.480 e. The average Bonchev–Trinajstić information content (AvgIpc) is 2.52. The molecule has 0 aliphatic heterocycles. The Hall–Kier alpha value is -1.86. The van der Waals surface area contributed by atoms with Gasteiger partial charge < -0.3 is 15.2 Å². The van der Waals surface area contributed by atoms with Gasteiger partial charge in [0.25, 0.3) is 0 Å². The van der Waals surface area contributed by atoms with Crippen molar-refractivity contribution in [2.75, 3.05) is 19.0 Å². The highest BCUT2D eigenvalue weighted by atomic mass is 32.2. The zero-order chi connectivity index (χ0) is 17.2. The minimum Gasteiger partial charge on any atom is -0.480 e. The molecule has 0 heterocycles. The first-order valence-electron chi connectivity index (χ1n) is 7.04. The Kier molecular flexibility index (Phi) is 8.36. The van der Waals surface area contributed by atoms with Crippen LogP contribution in [-0.2, 0) is 14.3 Å². The number of carboxylic acids is 1. The summed E-state index contributed by atoms with van der Waals surface area (Å²) in [5.74, 6) is -1.78. The normalized spacial score (nSPS) is 13.1. The van der Waals surface area contributed by atoms with Crippen molar-refractivity contribution < 1.29 is 23.8 Å². The molecule has 1 aromatic carbocycles. The van der Waals surface area contributed by atoms with Gasteiger partial charge in [0.2, 0.25) is 5.91 Å².